The summed E-state index contributed by atoms with van der Waals surface area (Å²) in [5, 5.41) is 3.32. The van der Waals surface area contributed by atoms with Crippen LogP contribution in [0.15, 0.2) is 46.9 Å². The molecule has 0 bridgehead atoms. The zero-order chi connectivity index (χ0) is 14.5. The average Bonchev–Trinajstić information content (AvgIpc) is 2.41. The van der Waals surface area contributed by atoms with E-state index in [1.54, 1.807) is 42.5 Å². The summed E-state index contributed by atoms with van der Waals surface area (Å²) < 4.78 is 6.06. The first-order valence-electron chi connectivity index (χ1n) is 5.78. The third-order valence-corrected chi connectivity index (χ3v) is 3.35. The number of amides is 1. The molecular formula is C14H12BrClN2O2. The number of carbonyl (C=O) groups is 1. The molecule has 0 heterocycles. The van der Waals surface area contributed by atoms with Gasteiger partial charge in [0.25, 0.3) is 5.91 Å². The van der Waals surface area contributed by atoms with Crippen LogP contribution in [0.3, 0.4) is 0 Å². The zero-order valence-electron chi connectivity index (χ0n) is 10.4. The van der Waals surface area contributed by atoms with Gasteiger partial charge in [-0.25, -0.2) is 0 Å². The molecule has 104 valence electrons. The molecule has 0 aliphatic carbocycles. The normalized spacial score (nSPS) is 10.1. The minimum absolute atomic E-state index is 0.0843. The number of nitrogens with two attached hydrogens (primary N) is 1. The Morgan fingerprint density at radius 3 is 2.60 bits per heavy atom. The fraction of sp³-hybridized carbons (Fsp3) is 0.0714. The molecule has 0 saturated carbocycles. The van der Waals surface area contributed by atoms with E-state index in [0.29, 0.717) is 26.6 Å². The predicted octanol–water partition coefficient (Wildman–Crippen LogP) is 3.70. The van der Waals surface area contributed by atoms with Crippen LogP contribution >= 0.6 is 27.5 Å². The van der Waals surface area contributed by atoms with Gasteiger partial charge in [0.1, 0.15) is 5.75 Å². The number of hydrogen-bond acceptors (Lipinski definition) is 3. The van der Waals surface area contributed by atoms with Crippen molar-refractivity contribution in [3.63, 3.8) is 0 Å². The maximum absolute atomic E-state index is 11.8. The SMILES string of the molecule is Nc1ccc(OCC(=O)Nc2ccc(Cl)cc2Br)cc1. The Bertz CT molecular complexity index is 617. The summed E-state index contributed by atoms with van der Waals surface area (Å²) in [7, 11) is 0. The van der Waals surface area contributed by atoms with Crippen molar-refractivity contribution in [3.8, 4) is 5.75 Å². The maximum atomic E-state index is 11.8. The van der Waals surface area contributed by atoms with Crippen molar-refractivity contribution in [1.29, 1.82) is 0 Å². The second-order valence-electron chi connectivity index (χ2n) is 4.03. The van der Waals surface area contributed by atoms with Crippen LogP contribution < -0.4 is 15.8 Å². The molecule has 0 saturated heterocycles. The van der Waals surface area contributed by atoms with Crippen molar-refractivity contribution in [2.75, 3.05) is 17.7 Å². The Morgan fingerprint density at radius 1 is 1.25 bits per heavy atom. The van der Waals surface area contributed by atoms with Gasteiger partial charge < -0.3 is 15.8 Å². The second kappa shape index (κ2) is 6.63. The standard InChI is InChI=1S/C14H12BrClN2O2/c15-12-7-9(16)1-6-13(12)18-14(19)8-20-11-4-2-10(17)3-5-11/h1-7H,8,17H2,(H,18,19). The summed E-state index contributed by atoms with van der Waals surface area (Å²) in [5.74, 6) is 0.328. The van der Waals surface area contributed by atoms with Gasteiger partial charge >= 0.3 is 0 Å². The summed E-state index contributed by atoms with van der Waals surface area (Å²) in [6.45, 7) is -0.0843. The lowest BCUT2D eigenvalue weighted by Gasteiger charge is -2.09. The van der Waals surface area contributed by atoms with E-state index in [0.717, 1.165) is 0 Å². The van der Waals surface area contributed by atoms with E-state index in [2.05, 4.69) is 21.2 Å². The highest BCUT2D eigenvalue weighted by atomic mass is 79.9. The minimum atomic E-state index is -0.259. The molecule has 0 unspecified atom stereocenters. The molecule has 4 nitrogen and oxygen atoms in total. The van der Waals surface area contributed by atoms with E-state index < -0.39 is 0 Å². The minimum Gasteiger partial charge on any atom is -0.484 e. The average molecular weight is 356 g/mol. The van der Waals surface area contributed by atoms with Crippen LogP contribution in [-0.4, -0.2) is 12.5 Å². The van der Waals surface area contributed by atoms with E-state index in [-0.39, 0.29) is 12.5 Å². The number of benzene rings is 2. The van der Waals surface area contributed by atoms with Crippen LogP contribution in [0.2, 0.25) is 5.02 Å². The Balaban J connectivity index is 1.90. The Kier molecular flexibility index (Phi) is 4.87. The molecule has 0 atom stereocenters. The quantitative estimate of drug-likeness (QED) is 0.822. The van der Waals surface area contributed by atoms with Gasteiger partial charge in [-0.15, -0.1) is 0 Å². The smallest absolute Gasteiger partial charge is 0.262 e. The van der Waals surface area contributed by atoms with Crippen LogP contribution in [0.4, 0.5) is 11.4 Å². The van der Waals surface area contributed by atoms with Crippen LogP contribution in [0, 0.1) is 0 Å². The highest BCUT2D eigenvalue weighted by Crippen LogP contribution is 2.25. The maximum Gasteiger partial charge on any atom is 0.262 e. The number of nitrogens with one attached hydrogen (secondary N) is 1. The summed E-state index contributed by atoms with van der Waals surface area (Å²) in [6, 6.07) is 12.0. The van der Waals surface area contributed by atoms with E-state index in [1.165, 1.54) is 0 Å². The third kappa shape index (κ3) is 4.15. The molecule has 3 N–H and O–H groups in total. The van der Waals surface area contributed by atoms with Crippen molar-refractivity contribution in [2.45, 2.75) is 0 Å². The van der Waals surface area contributed by atoms with Gasteiger partial charge in [-0.1, -0.05) is 11.6 Å². The predicted molar refractivity (Wildman–Crippen MR) is 84.1 cm³/mol. The number of carbonyl (C=O) groups excluding carboxylic acids is 1. The number of ether oxygens (including phenoxy) is 1. The lowest BCUT2D eigenvalue weighted by Crippen LogP contribution is -2.20. The van der Waals surface area contributed by atoms with Gasteiger partial charge in [0, 0.05) is 15.2 Å². The van der Waals surface area contributed by atoms with Gasteiger partial charge in [-0.2, -0.15) is 0 Å². The summed E-state index contributed by atoms with van der Waals surface area (Å²) in [4.78, 5) is 11.8. The van der Waals surface area contributed by atoms with Gasteiger partial charge in [0.15, 0.2) is 6.61 Å². The highest BCUT2D eigenvalue weighted by molar-refractivity contribution is 9.10. The third-order valence-electron chi connectivity index (χ3n) is 2.46. The molecule has 0 radical (unpaired) electrons. The van der Waals surface area contributed by atoms with Crippen molar-refractivity contribution in [2.24, 2.45) is 0 Å². The van der Waals surface area contributed by atoms with Gasteiger partial charge in [0.05, 0.1) is 5.69 Å². The summed E-state index contributed by atoms with van der Waals surface area (Å²) in [6.07, 6.45) is 0. The van der Waals surface area contributed by atoms with E-state index in [4.69, 9.17) is 22.1 Å². The van der Waals surface area contributed by atoms with E-state index in [9.17, 15) is 4.79 Å². The lowest BCUT2D eigenvalue weighted by molar-refractivity contribution is -0.118. The van der Waals surface area contributed by atoms with E-state index in [1.807, 2.05) is 0 Å². The molecule has 6 heteroatoms. The zero-order valence-corrected chi connectivity index (χ0v) is 12.7. The first-order valence-corrected chi connectivity index (χ1v) is 6.95. The molecule has 2 rings (SSSR count). The molecule has 2 aromatic rings. The van der Waals surface area contributed by atoms with Crippen LogP contribution in [0.5, 0.6) is 5.75 Å². The molecule has 0 fully saturated rings. The van der Waals surface area contributed by atoms with Crippen molar-refractivity contribution in [3.05, 3.63) is 52.0 Å². The summed E-state index contributed by atoms with van der Waals surface area (Å²) in [5.41, 5.74) is 6.85. The Hall–Kier alpha value is -1.72. The first-order chi connectivity index (χ1) is 9.54. The van der Waals surface area contributed by atoms with Crippen LogP contribution in [0.25, 0.3) is 0 Å². The topological polar surface area (TPSA) is 64.3 Å². The van der Waals surface area contributed by atoms with Gasteiger partial charge in [-0.05, 0) is 58.4 Å². The van der Waals surface area contributed by atoms with Crippen LogP contribution in [-0.2, 0) is 4.79 Å². The fourth-order valence-corrected chi connectivity index (χ4v) is 2.27. The Morgan fingerprint density at radius 2 is 1.95 bits per heavy atom. The van der Waals surface area contributed by atoms with Crippen molar-refractivity contribution >= 4 is 44.8 Å². The summed E-state index contributed by atoms with van der Waals surface area (Å²) >= 11 is 9.16. The number of nitrogen functional groups attached to an aromatic ring is 1. The van der Waals surface area contributed by atoms with Gasteiger partial charge in [0.2, 0.25) is 0 Å². The second-order valence-corrected chi connectivity index (χ2v) is 5.32. The molecule has 2 aromatic carbocycles. The lowest BCUT2D eigenvalue weighted by atomic mass is 10.3. The fourth-order valence-electron chi connectivity index (χ4n) is 1.49. The number of hydrogen-bond donors (Lipinski definition) is 2. The first kappa shape index (κ1) is 14.7. The number of anilines is 2. The Labute approximate surface area is 130 Å². The monoisotopic (exact) mass is 354 g/mol. The molecule has 0 aliphatic rings. The number of halogens is 2. The molecule has 1 amide bonds. The number of rotatable bonds is 4. The molecule has 0 spiro atoms. The highest BCUT2D eigenvalue weighted by Gasteiger charge is 2.07. The van der Waals surface area contributed by atoms with Crippen molar-refractivity contribution < 1.29 is 9.53 Å². The molecule has 20 heavy (non-hydrogen) atoms. The van der Waals surface area contributed by atoms with Gasteiger partial charge in [-0.3, -0.25) is 4.79 Å². The largest absolute Gasteiger partial charge is 0.484 e. The molecule has 0 aliphatic heterocycles. The molecule has 0 aromatic heterocycles. The van der Waals surface area contributed by atoms with Crippen molar-refractivity contribution in [1.82, 2.24) is 0 Å². The van der Waals surface area contributed by atoms with Crippen LogP contribution in [0.1, 0.15) is 0 Å². The van der Waals surface area contributed by atoms with E-state index >= 15 is 0 Å². The molecular weight excluding hydrogens is 344 g/mol.